The van der Waals surface area contributed by atoms with Gasteiger partial charge in [0.25, 0.3) is 0 Å². The van der Waals surface area contributed by atoms with E-state index in [9.17, 15) is 5.26 Å². The minimum absolute atomic E-state index is 0.180. The van der Waals surface area contributed by atoms with Gasteiger partial charge in [-0.1, -0.05) is 19.1 Å². The van der Waals surface area contributed by atoms with E-state index in [0.717, 1.165) is 36.4 Å². The molecule has 1 unspecified atom stereocenters. The van der Waals surface area contributed by atoms with E-state index < -0.39 is 0 Å². The maximum absolute atomic E-state index is 9.22. The van der Waals surface area contributed by atoms with Gasteiger partial charge in [0.1, 0.15) is 11.8 Å². The lowest BCUT2D eigenvalue weighted by atomic mass is 9.67. The molecule has 5 rings (SSSR count). The number of likely N-dealkylation sites (N-methyl/N-ethyl adjacent to an activating group) is 1. The first-order valence-electron chi connectivity index (χ1n) is 10.5. The van der Waals surface area contributed by atoms with E-state index in [1.54, 1.807) is 17.5 Å². The summed E-state index contributed by atoms with van der Waals surface area (Å²) in [7, 11) is 2.02. The molecule has 3 aromatic rings. The highest BCUT2D eigenvalue weighted by atomic mass is 32.1. The van der Waals surface area contributed by atoms with Crippen molar-refractivity contribution < 1.29 is 4.74 Å². The summed E-state index contributed by atoms with van der Waals surface area (Å²) in [4.78, 5) is 7.56. The number of nitriles is 1. The molecule has 4 heterocycles. The molecule has 1 aromatic carbocycles. The Labute approximate surface area is 186 Å². The molecular weight excluding hydrogens is 404 g/mol. The Morgan fingerprint density at radius 2 is 2.13 bits per heavy atom. The highest BCUT2D eigenvalue weighted by molar-refractivity contribution is 7.10. The molecule has 2 aromatic heterocycles. The monoisotopic (exact) mass is 428 g/mol. The van der Waals surface area contributed by atoms with Crippen molar-refractivity contribution in [2.45, 2.75) is 31.1 Å². The molecule has 2 atom stereocenters. The van der Waals surface area contributed by atoms with Crippen molar-refractivity contribution in [3.8, 4) is 22.9 Å². The van der Waals surface area contributed by atoms with E-state index in [-0.39, 0.29) is 11.3 Å². The Bertz CT molecular complexity index is 1210. The van der Waals surface area contributed by atoms with Crippen molar-refractivity contribution in [1.29, 1.82) is 10.7 Å². The minimum atomic E-state index is -0.180. The third-order valence-electron chi connectivity index (χ3n) is 6.70. The number of rotatable bonds is 3. The van der Waals surface area contributed by atoms with E-state index in [1.807, 2.05) is 19.3 Å². The van der Waals surface area contributed by atoms with Crippen LogP contribution in [0.5, 0.6) is 5.75 Å². The number of ether oxygens (including phenoxy) is 1. The van der Waals surface area contributed by atoms with E-state index in [1.165, 1.54) is 16.0 Å². The average molecular weight is 429 g/mol. The maximum atomic E-state index is 9.22. The fourth-order valence-corrected chi connectivity index (χ4v) is 5.93. The van der Waals surface area contributed by atoms with Gasteiger partial charge in [-0.2, -0.15) is 5.26 Å². The summed E-state index contributed by atoms with van der Waals surface area (Å²) in [6.07, 6.45) is 5.05. The third kappa shape index (κ3) is 3.39. The van der Waals surface area contributed by atoms with Crippen LogP contribution in [-0.2, 0) is 11.8 Å². The predicted octanol–water partition coefficient (Wildman–Crippen LogP) is 4.97. The first-order valence-corrected chi connectivity index (χ1v) is 11.3. The lowest BCUT2D eigenvalue weighted by Gasteiger charge is -2.45. The summed E-state index contributed by atoms with van der Waals surface area (Å²) in [5.41, 5.74) is 5.02. The number of fused-ring (bicyclic) bond motifs is 1. The second-order valence-corrected chi connectivity index (χ2v) is 9.62. The van der Waals surface area contributed by atoms with Gasteiger partial charge < -0.3 is 9.64 Å². The molecule has 0 amide bonds. The Morgan fingerprint density at radius 1 is 1.26 bits per heavy atom. The van der Waals surface area contributed by atoms with Gasteiger partial charge >= 0.3 is 0 Å². The van der Waals surface area contributed by atoms with Crippen molar-refractivity contribution in [1.82, 2.24) is 9.88 Å². The summed E-state index contributed by atoms with van der Waals surface area (Å²) in [6.45, 7) is 3.87. The number of hydrogen-bond acceptors (Lipinski definition) is 5. The zero-order valence-corrected chi connectivity index (χ0v) is 18.5. The van der Waals surface area contributed by atoms with Crippen LogP contribution in [0, 0.1) is 16.7 Å². The predicted molar refractivity (Wildman–Crippen MR) is 123 cm³/mol. The molecule has 156 valence electrons. The number of amidine groups is 1. The Kier molecular flexibility index (Phi) is 4.79. The van der Waals surface area contributed by atoms with Gasteiger partial charge in [0.2, 0.25) is 0 Å². The van der Waals surface area contributed by atoms with Crippen LogP contribution in [0.3, 0.4) is 0 Å². The molecule has 0 aliphatic carbocycles. The molecular formula is C25H24N4OS. The molecule has 31 heavy (non-hydrogen) atoms. The van der Waals surface area contributed by atoms with Gasteiger partial charge in [0.15, 0.2) is 0 Å². The first kappa shape index (κ1) is 19.8. The Morgan fingerprint density at radius 3 is 2.97 bits per heavy atom. The van der Waals surface area contributed by atoms with Crippen LogP contribution >= 0.6 is 11.3 Å². The second kappa shape index (κ2) is 7.51. The average Bonchev–Trinajstić information content (AvgIpc) is 3.46. The number of nitrogens with zero attached hydrogens (tertiary/aromatic N) is 3. The van der Waals surface area contributed by atoms with Crippen LogP contribution in [-0.4, -0.2) is 35.9 Å². The molecule has 0 radical (unpaired) electrons. The molecule has 6 heteroatoms. The van der Waals surface area contributed by atoms with Gasteiger partial charge in [-0.25, -0.2) is 0 Å². The largest absolute Gasteiger partial charge is 0.493 e. The van der Waals surface area contributed by atoms with Crippen molar-refractivity contribution in [2.24, 2.45) is 0 Å². The zero-order valence-electron chi connectivity index (χ0n) is 17.7. The molecule has 2 aliphatic heterocycles. The molecule has 1 N–H and O–H groups in total. The Hall–Kier alpha value is -3.17. The summed E-state index contributed by atoms with van der Waals surface area (Å²) in [5, 5.41) is 19.9. The molecule has 1 fully saturated rings. The molecule has 2 aliphatic rings. The fourth-order valence-electron chi connectivity index (χ4n) is 4.79. The van der Waals surface area contributed by atoms with Crippen LogP contribution in [0.1, 0.15) is 40.8 Å². The topological polar surface area (TPSA) is 73.0 Å². The summed E-state index contributed by atoms with van der Waals surface area (Å²) >= 11 is 1.74. The van der Waals surface area contributed by atoms with Gasteiger partial charge in [0, 0.05) is 60.6 Å². The number of thiophene rings is 1. The van der Waals surface area contributed by atoms with Gasteiger partial charge in [-0.15, -0.1) is 11.3 Å². The quantitative estimate of drug-likeness (QED) is 0.639. The Balaban J connectivity index is 1.55. The number of aromatic nitrogens is 1. The third-order valence-corrected chi connectivity index (χ3v) is 7.91. The van der Waals surface area contributed by atoms with Gasteiger partial charge in [-0.3, -0.25) is 10.4 Å². The molecule has 0 saturated carbocycles. The number of piperidine rings is 1. The zero-order chi connectivity index (χ0) is 21.6. The number of nitrogens with one attached hydrogen (secondary N) is 1. The summed E-state index contributed by atoms with van der Waals surface area (Å²) in [5.74, 6) is 1.95. The maximum Gasteiger partial charge on any atom is 0.122 e. The standard InChI is InChI=1S/C25H24N4OS/c1-25(23-9-20(15-31-23)19-7-16(11-26)12-28-13-19)10-24(27)29(2)14-21(25)17-3-4-22-18(8-17)5-6-30-22/h3-4,7-9,12-13,15,21,27H,5-6,10,14H2,1-2H3/t21?,25-/m0/s1. The van der Waals surface area contributed by atoms with E-state index in [0.29, 0.717) is 17.8 Å². The first-order chi connectivity index (χ1) is 15.0. The van der Waals surface area contributed by atoms with Crippen LogP contribution in [0.4, 0.5) is 0 Å². The molecule has 0 spiro atoms. The molecule has 5 nitrogen and oxygen atoms in total. The molecule has 0 bridgehead atoms. The van der Waals surface area contributed by atoms with Gasteiger partial charge in [0.05, 0.1) is 18.0 Å². The van der Waals surface area contributed by atoms with Crippen LogP contribution in [0.2, 0.25) is 0 Å². The number of hydrogen-bond donors (Lipinski definition) is 1. The highest BCUT2D eigenvalue weighted by Crippen LogP contribution is 2.49. The van der Waals surface area contributed by atoms with E-state index >= 15 is 0 Å². The van der Waals surface area contributed by atoms with Crippen LogP contribution < -0.4 is 4.74 Å². The lowest BCUT2D eigenvalue weighted by Crippen LogP contribution is -2.48. The number of benzene rings is 1. The van der Waals surface area contributed by atoms with Crippen molar-refractivity contribution in [3.63, 3.8) is 0 Å². The van der Waals surface area contributed by atoms with Gasteiger partial charge in [-0.05, 0) is 40.3 Å². The lowest BCUT2D eigenvalue weighted by molar-refractivity contribution is 0.277. The van der Waals surface area contributed by atoms with Crippen molar-refractivity contribution >= 4 is 17.2 Å². The second-order valence-electron chi connectivity index (χ2n) is 8.71. The smallest absolute Gasteiger partial charge is 0.122 e. The van der Waals surface area contributed by atoms with E-state index in [2.05, 4.69) is 52.5 Å². The summed E-state index contributed by atoms with van der Waals surface area (Å²) < 4.78 is 5.72. The normalized spacial score (nSPS) is 22.7. The SMILES string of the molecule is CN1CC(c2ccc3c(c2)CCO3)[C@@](C)(c2cc(-c3cncc(C#N)c3)cs2)CC1=N. The fraction of sp³-hybridized carbons (Fsp3) is 0.320. The van der Waals surface area contributed by atoms with Crippen molar-refractivity contribution in [2.75, 3.05) is 20.2 Å². The number of likely N-dealkylation sites (tertiary alicyclic amines) is 1. The number of pyridine rings is 1. The summed E-state index contributed by atoms with van der Waals surface area (Å²) in [6, 6.07) is 12.9. The van der Waals surface area contributed by atoms with Crippen molar-refractivity contribution in [3.05, 3.63) is 69.7 Å². The van der Waals surface area contributed by atoms with Crippen LogP contribution in [0.15, 0.2) is 48.1 Å². The van der Waals surface area contributed by atoms with E-state index in [4.69, 9.17) is 10.1 Å². The highest BCUT2D eigenvalue weighted by Gasteiger charge is 2.44. The molecule has 1 saturated heterocycles. The minimum Gasteiger partial charge on any atom is -0.493 e. The van der Waals surface area contributed by atoms with Crippen LogP contribution in [0.25, 0.3) is 11.1 Å².